The highest BCUT2D eigenvalue weighted by atomic mass is 15.0. The van der Waals surface area contributed by atoms with Gasteiger partial charge >= 0.3 is 0 Å². The van der Waals surface area contributed by atoms with Gasteiger partial charge in [0.1, 0.15) is 0 Å². The second-order valence-corrected chi connectivity index (χ2v) is 15.0. The highest BCUT2D eigenvalue weighted by Crippen LogP contribution is 2.35. The van der Waals surface area contributed by atoms with Crippen LogP contribution in [0.3, 0.4) is 0 Å². The lowest BCUT2D eigenvalue weighted by atomic mass is 9.97. The van der Waals surface area contributed by atoms with Crippen molar-refractivity contribution in [2.75, 3.05) is 0 Å². The van der Waals surface area contributed by atoms with Crippen molar-refractivity contribution in [3.63, 3.8) is 0 Å². The molecule has 2 nitrogen and oxygen atoms in total. The van der Waals surface area contributed by atoms with Gasteiger partial charge in [-0.3, -0.25) is 0 Å². The van der Waals surface area contributed by atoms with Crippen molar-refractivity contribution < 1.29 is 0 Å². The molecule has 0 bridgehead atoms. The molecule has 0 saturated heterocycles. The van der Waals surface area contributed by atoms with Gasteiger partial charge in [-0.25, -0.2) is 0 Å². The smallest absolute Gasteiger partial charge is 0.0541 e. The van der Waals surface area contributed by atoms with Gasteiger partial charge < -0.3 is 9.13 Å². The van der Waals surface area contributed by atoms with Crippen LogP contribution < -0.4 is 0 Å². The molecular formula is C55H38N2. The second kappa shape index (κ2) is 13.7. The lowest BCUT2D eigenvalue weighted by Crippen LogP contribution is -1.93. The monoisotopic (exact) mass is 726 g/mol. The Morgan fingerprint density at radius 2 is 0.456 bits per heavy atom. The third-order valence-corrected chi connectivity index (χ3v) is 11.6. The maximum Gasteiger partial charge on any atom is 0.0541 e. The first-order valence-corrected chi connectivity index (χ1v) is 19.7. The molecule has 0 fully saturated rings. The quantitative estimate of drug-likeness (QED) is 0.155. The Balaban J connectivity index is 0.767. The van der Waals surface area contributed by atoms with Crippen LogP contribution in [0.15, 0.2) is 218 Å². The number of benzene rings is 9. The number of fused-ring (bicyclic) bond motifs is 6. The number of nitrogens with zero attached hydrogens (tertiary/aromatic N) is 2. The normalized spacial score (nSPS) is 11.6. The van der Waals surface area contributed by atoms with E-state index in [0.717, 1.165) is 6.42 Å². The lowest BCUT2D eigenvalue weighted by molar-refractivity contribution is 1.18. The average molecular weight is 727 g/mol. The average Bonchev–Trinajstić information content (AvgIpc) is 3.80. The summed E-state index contributed by atoms with van der Waals surface area (Å²) in [5.41, 5.74) is 17.2. The van der Waals surface area contributed by atoms with E-state index in [4.69, 9.17) is 0 Å². The zero-order valence-electron chi connectivity index (χ0n) is 31.4. The fourth-order valence-corrected chi connectivity index (χ4v) is 8.73. The van der Waals surface area contributed by atoms with Crippen molar-refractivity contribution in [1.82, 2.24) is 9.13 Å². The van der Waals surface area contributed by atoms with Gasteiger partial charge in [0.15, 0.2) is 0 Å². The summed E-state index contributed by atoms with van der Waals surface area (Å²) < 4.78 is 4.73. The molecule has 2 heterocycles. The van der Waals surface area contributed by atoms with Crippen LogP contribution in [-0.4, -0.2) is 9.13 Å². The predicted molar refractivity (Wildman–Crippen MR) is 241 cm³/mol. The van der Waals surface area contributed by atoms with Gasteiger partial charge in [-0.1, -0.05) is 170 Å². The molecule has 0 atom stereocenters. The molecule has 2 aromatic heterocycles. The van der Waals surface area contributed by atoms with E-state index in [9.17, 15) is 0 Å². The number of hydrogen-bond acceptors (Lipinski definition) is 0. The van der Waals surface area contributed by atoms with E-state index in [1.807, 2.05) is 0 Å². The number of aromatic nitrogens is 2. The molecule has 0 aliphatic rings. The number of hydrogen-bond donors (Lipinski definition) is 0. The van der Waals surface area contributed by atoms with Crippen LogP contribution in [0.2, 0.25) is 0 Å². The highest BCUT2D eigenvalue weighted by Gasteiger charge is 2.13. The lowest BCUT2D eigenvalue weighted by Gasteiger charge is -2.10. The molecule has 11 rings (SSSR count). The van der Waals surface area contributed by atoms with Crippen molar-refractivity contribution in [2.45, 2.75) is 6.42 Å². The Hall–Kier alpha value is -7.42. The van der Waals surface area contributed by atoms with E-state index in [0.29, 0.717) is 0 Å². The Morgan fingerprint density at radius 3 is 0.737 bits per heavy atom. The van der Waals surface area contributed by atoms with E-state index in [2.05, 4.69) is 228 Å². The van der Waals surface area contributed by atoms with Gasteiger partial charge in [0.2, 0.25) is 0 Å². The minimum absolute atomic E-state index is 0.900. The Bertz CT molecular complexity index is 3090. The molecule has 0 aliphatic heterocycles. The van der Waals surface area contributed by atoms with E-state index >= 15 is 0 Å². The molecule has 0 unspecified atom stereocenters. The maximum atomic E-state index is 2.37. The van der Waals surface area contributed by atoms with E-state index in [-0.39, 0.29) is 0 Å². The van der Waals surface area contributed by atoms with Crippen LogP contribution in [0.1, 0.15) is 11.1 Å². The fourth-order valence-electron chi connectivity index (χ4n) is 8.73. The fraction of sp³-hybridized carbons (Fsp3) is 0.0182. The summed E-state index contributed by atoms with van der Waals surface area (Å²) in [6.45, 7) is 0. The minimum atomic E-state index is 0.900. The van der Waals surface area contributed by atoms with E-state index in [1.54, 1.807) is 0 Å². The molecule has 57 heavy (non-hydrogen) atoms. The highest BCUT2D eigenvalue weighted by molar-refractivity contribution is 6.10. The second-order valence-electron chi connectivity index (χ2n) is 15.0. The first kappa shape index (κ1) is 33.0. The molecule has 0 saturated carbocycles. The van der Waals surface area contributed by atoms with Crippen LogP contribution in [0, 0.1) is 0 Å². The van der Waals surface area contributed by atoms with Gasteiger partial charge in [0.25, 0.3) is 0 Å². The summed E-state index contributed by atoms with van der Waals surface area (Å²) in [7, 11) is 0. The summed E-state index contributed by atoms with van der Waals surface area (Å²) in [6.07, 6.45) is 0.900. The van der Waals surface area contributed by atoms with Crippen LogP contribution in [0.5, 0.6) is 0 Å². The van der Waals surface area contributed by atoms with Gasteiger partial charge in [0.05, 0.1) is 22.1 Å². The van der Waals surface area contributed by atoms with E-state index in [1.165, 1.54) is 99.5 Å². The van der Waals surface area contributed by atoms with Gasteiger partial charge in [-0.15, -0.1) is 0 Å². The Labute approximate surface area is 332 Å². The number of rotatable bonds is 7. The first-order chi connectivity index (χ1) is 28.2. The Morgan fingerprint density at radius 1 is 0.228 bits per heavy atom. The maximum absolute atomic E-state index is 2.37. The van der Waals surface area contributed by atoms with Crippen LogP contribution >= 0.6 is 0 Å². The third-order valence-electron chi connectivity index (χ3n) is 11.6. The molecule has 0 spiro atoms. The summed E-state index contributed by atoms with van der Waals surface area (Å²) in [4.78, 5) is 0. The molecule has 0 amide bonds. The topological polar surface area (TPSA) is 9.86 Å². The third kappa shape index (κ3) is 5.82. The zero-order valence-corrected chi connectivity index (χ0v) is 31.4. The molecule has 268 valence electrons. The van der Waals surface area contributed by atoms with E-state index < -0.39 is 0 Å². The van der Waals surface area contributed by atoms with Crippen molar-refractivity contribution in [1.29, 1.82) is 0 Å². The van der Waals surface area contributed by atoms with Gasteiger partial charge in [0, 0.05) is 32.9 Å². The largest absolute Gasteiger partial charge is 0.309 e. The van der Waals surface area contributed by atoms with Crippen molar-refractivity contribution >= 4 is 43.6 Å². The summed E-state index contributed by atoms with van der Waals surface area (Å²) in [6, 6.07) is 79.5. The first-order valence-electron chi connectivity index (χ1n) is 19.7. The number of para-hydroxylation sites is 4. The Kier molecular flexibility index (Phi) is 7.93. The summed E-state index contributed by atoms with van der Waals surface area (Å²) in [5.74, 6) is 0. The molecule has 9 aromatic carbocycles. The van der Waals surface area contributed by atoms with Crippen molar-refractivity contribution in [3.8, 4) is 44.8 Å². The summed E-state index contributed by atoms with van der Waals surface area (Å²) in [5, 5.41) is 5.13. The van der Waals surface area contributed by atoms with Crippen molar-refractivity contribution in [3.05, 3.63) is 230 Å². The van der Waals surface area contributed by atoms with Gasteiger partial charge in [-0.2, -0.15) is 0 Å². The molecule has 0 aliphatic carbocycles. The van der Waals surface area contributed by atoms with Crippen LogP contribution in [0.25, 0.3) is 88.4 Å². The molecule has 2 heteroatoms. The van der Waals surface area contributed by atoms with Crippen LogP contribution in [0.4, 0.5) is 0 Å². The molecular weight excluding hydrogens is 689 g/mol. The minimum Gasteiger partial charge on any atom is -0.309 e. The van der Waals surface area contributed by atoms with Crippen LogP contribution in [-0.2, 0) is 6.42 Å². The van der Waals surface area contributed by atoms with Crippen molar-refractivity contribution in [2.24, 2.45) is 0 Å². The molecule has 11 aromatic rings. The SMILES string of the molecule is c1ccc2c(c1)c1ccccc1n2-c1ccc(-c2ccc(Cc3ccc(-c4ccc(-c5ccc(-n6c7ccccc7c7ccccc76)cc5)cc4)cc3)cc2)cc1. The van der Waals surface area contributed by atoms with Gasteiger partial charge in [-0.05, 0) is 99.5 Å². The zero-order chi connectivity index (χ0) is 37.7. The molecule has 0 radical (unpaired) electrons. The molecule has 0 N–H and O–H groups in total. The predicted octanol–water partition coefficient (Wildman–Crippen LogP) is 14.5. The standard InChI is InChI=1S/C55H38N2/c1-5-13-52-48(9-1)49-10-2-6-14-53(49)56(52)46-33-29-44(30-34-46)41-23-19-39(20-24-41)37-38-17-21-40(22-18-38)42-25-27-43(28-26-42)45-31-35-47(36-32-45)57-54-15-7-3-11-50(54)51-12-4-8-16-55(51)57/h1-36H,37H2. The summed E-state index contributed by atoms with van der Waals surface area (Å²) >= 11 is 0.